The SMILES string of the molecule is CCCCc1ccc(Nc2ncnc(Oc3ccc(C)c(C)c3)c2N)cc1. The molecule has 0 unspecified atom stereocenters. The summed E-state index contributed by atoms with van der Waals surface area (Å²) in [5.41, 5.74) is 11.2. The zero-order valence-corrected chi connectivity index (χ0v) is 16.1. The molecule has 0 radical (unpaired) electrons. The van der Waals surface area contributed by atoms with Crippen molar-refractivity contribution in [1.82, 2.24) is 9.97 Å². The molecule has 0 amide bonds. The fraction of sp³-hybridized carbons (Fsp3) is 0.273. The maximum Gasteiger partial charge on any atom is 0.248 e. The molecule has 0 saturated carbocycles. The Bertz CT molecular complexity index is 907. The zero-order valence-electron chi connectivity index (χ0n) is 16.1. The van der Waals surface area contributed by atoms with Crippen LogP contribution < -0.4 is 15.8 Å². The Morgan fingerprint density at radius 2 is 1.78 bits per heavy atom. The third-order valence-electron chi connectivity index (χ3n) is 4.58. The number of nitrogens with one attached hydrogen (secondary N) is 1. The van der Waals surface area contributed by atoms with Crippen LogP contribution in [0.25, 0.3) is 0 Å². The first-order valence-electron chi connectivity index (χ1n) is 9.28. The van der Waals surface area contributed by atoms with Crippen LogP contribution in [0.4, 0.5) is 17.2 Å². The highest BCUT2D eigenvalue weighted by molar-refractivity contribution is 5.72. The summed E-state index contributed by atoms with van der Waals surface area (Å²) in [5.74, 6) is 1.58. The fourth-order valence-electron chi connectivity index (χ4n) is 2.72. The van der Waals surface area contributed by atoms with Crippen LogP contribution in [0.5, 0.6) is 11.6 Å². The monoisotopic (exact) mass is 362 g/mol. The smallest absolute Gasteiger partial charge is 0.248 e. The van der Waals surface area contributed by atoms with E-state index in [9.17, 15) is 0 Å². The lowest BCUT2D eigenvalue weighted by Gasteiger charge is -2.13. The van der Waals surface area contributed by atoms with Crippen molar-refractivity contribution in [3.63, 3.8) is 0 Å². The average Bonchev–Trinajstić information content (AvgIpc) is 2.67. The number of hydrogen-bond acceptors (Lipinski definition) is 5. The van der Waals surface area contributed by atoms with E-state index in [1.165, 1.54) is 30.3 Å². The average molecular weight is 362 g/mol. The molecular weight excluding hydrogens is 336 g/mol. The molecule has 3 aromatic rings. The molecule has 0 saturated heterocycles. The van der Waals surface area contributed by atoms with Gasteiger partial charge in [0, 0.05) is 5.69 Å². The van der Waals surface area contributed by atoms with Gasteiger partial charge in [0.05, 0.1) is 0 Å². The van der Waals surface area contributed by atoms with Crippen molar-refractivity contribution in [2.75, 3.05) is 11.1 Å². The lowest BCUT2D eigenvalue weighted by molar-refractivity contribution is 0.464. The molecule has 1 heterocycles. The molecule has 0 aliphatic heterocycles. The van der Waals surface area contributed by atoms with E-state index in [-0.39, 0.29) is 0 Å². The lowest BCUT2D eigenvalue weighted by Crippen LogP contribution is -2.03. The van der Waals surface area contributed by atoms with E-state index >= 15 is 0 Å². The molecule has 0 aliphatic carbocycles. The van der Waals surface area contributed by atoms with Gasteiger partial charge in [0.1, 0.15) is 17.8 Å². The summed E-state index contributed by atoms with van der Waals surface area (Å²) < 4.78 is 5.87. The predicted octanol–water partition coefficient (Wildman–Crippen LogP) is 5.55. The van der Waals surface area contributed by atoms with Crippen molar-refractivity contribution >= 4 is 17.2 Å². The first-order chi connectivity index (χ1) is 13.1. The Balaban J connectivity index is 1.75. The van der Waals surface area contributed by atoms with Gasteiger partial charge in [-0.25, -0.2) is 4.98 Å². The highest BCUT2D eigenvalue weighted by atomic mass is 16.5. The summed E-state index contributed by atoms with van der Waals surface area (Å²) in [5, 5.41) is 3.25. The van der Waals surface area contributed by atoms with Crippen LogP contribution >= 0.6 is 0 Å². The highest BCUT2D eigenvalue weighted by Gasteiger charge is 2.11. The highest BCUT2D eigenvalue weighted by Crippen LogP contribution is 2.31. The lowest BCUT2D eigenvalue weighted by atomic mass is 10.1. The number of aromatic nitrogens is 2. The van der Waals surface area contributed by atoms with Crippen molar-refractivity contribution in [2.45, 2.75) is 40.0 Å². The fourth-order valence-corrected chi connectivity index (χ4v) is 2.72. The Morgan fingerprint density at radius 3 is 2.48 bits per heavy atom. The summed E-state index contributed by atoms with van der Waals surface area (Å²) >= 11 is 0. The second kappa shape index (κ2) is 8.54. The van der Waals surface area contributed by atoms with E-state index in [0.717, 1.165) is 17.7 Å². The third-order valence-corrected chi connectivity index (χ3v) is 4.58. The maximum atomic E-state index is 6.23. The zero-order chi connectivity index (χ0) is 19.2. The summed E-state index contributed by atoms with van der Waals surface area (Å²) in [4.78, 5) is 8.43. The number of ether oxygens (including phenoxy) is 1. The minimum Gasteiger partial charge on any atom is -0.437 e. The quantitative estimate of drug-likeness (QED) is 0.576. The second-order valence-corrected chi connectivity index (χ2v) is 6.71. The van der Waals surface area contributed by atoms with Gasteiger partial charge in [0.25, 0.3) is 0 Å². The molecule has 0 bridgehead atoms. The summed E-state index contributed by atoms with van der Waals surface area (Å²) in [6.45, 7) is 6.31. The summed E-state index contributed by atoms with van der Waals surface area (Å²) in [6.07, 6.45) is 4.94. The number of unbranched alkanes of at least 4 members (excludes halogenated alkanes) is 1. The van der Waals surface area contributed by atoms with Gasteiger partial charge in [0.15, 0.2) is 5.82 Å². The van der Waals surface area contributed by atoms with E-state index in [0.29, 0.717) is 23.1 Å². The van der Waals surface area contributed by atoms with Crippen molar-refractivity contribution in [2.24, 2.45) is 0 Å². The van der Waals surface area contributed by atoms with Gasteiger partial charge in [-0.2, -0.15) is 4.98 Å². The number of aryl methyl sites for hydroxylation is 3. The number of benzene rings is 2. The molecule has 0 fully saturated rings. The molecule has 140 valence electrons. The van der Waals surface area contributed by atoms with E-state index in [1.807, 2.05) is 37.3 Å². The molecule has 27 heavy (non-hydrogen) atoms. The molecule has 1 aromatic heterocycles. The van der Waals surface area contributed by atoms with Crippen LogP contribution in [0.2, 0.25) is 0 Å². The number of nitrogens with zero attached hydrogens (tertiary/aromatic N) is 2. The van der Waals surface area contributed by atoms with E-state index in [2.05, 4.69) is 41.3 Å². The molecule has 0 atom stereocenters. The van der Waals surface area contributed by atoms with Crippen LogP contribution in [-0.2, 0) is 6.42 Å². The van der Waals surface area contributed by atoms with E-state index < -0.39 is 0 Å². The first kappa shape index (κ1) is 18.7. The summed E-state index contributed by atoms with van der Waals surface area (Å²) in [6, 6.07) is 14.2. The van der Waals surface area contributed by atoms with Gasteiger partial charge in [-0.3, -0.25) is 0 Å². The number of hydrogen-bond donors (Lipinski definition) is 2. The molecule has 5 heteroatoms. The van der Waals surface area contributed by atoms with Crippen molar-refractivity contribution in [3.8, 4) is 11.6 Å². The maximum absolute atomic E-state index is 6.23. The molecule has 2 aromatic carbocycles. The Labute approximate surface area is 160 Å². The Kier molecular flexibility index (Phi) is 5.91. The first-order valence-corrected chi connectivity index (χ1v) is 9.28. The van der Waals surface area contributed by atoms with Crippen LogP contribution in [0.3, 0.4) is 0 Å². The second-order valence-electron chi connectivity index (χ2n) is 6.71. The van der Waals surface area contributed by atoms with Crippen LogP contribution in [0, 0.1) is 13.8 Å². The Hall–Kier alpha value is -3.08. The number of nitrogens with two attached hydrogens (primary N) is 1. The molecule has 3 rings (SSSR count). The van der Waals surface area contributed by atoms with Gasteiger partial charge < -0.3 is 15.8 Å². The van der Waals surface area contributed by atoms with Gasteiger partial charge in [0.2, 0.25) is 5.88 Å². The standard InChI is InChI=1S/C22H26N4O/c1-4-5-6-17-8-10-18(11-9-17)26-21-20(23)22(25-14-24-21)27-19-12-7-15(2)16(3)13-19/h7-14H,4-6,23H2,1-3H3,(H,24,25,26). The predicted molar refractivity (Wildman–Crippen MR) is 111 cm³/mol. The van der Waals surface area contributed by atoms with Crippen molar-refractivity contribution in [3.05, 3.63) is 65.5 Å². The largest absolute Gasteiger partial charge is 0.437 e. The Morgan fingerprint density at radius 1 is 1.00 bits per heavy atom. The van der Waals surface area contributed by atoms with E-state index in [4.69, 9.17) is 10.5 Å². The van der Waals surface area contributed by atoms with Crippen LogP contribution in [0.15, 0.2) is 48.8 Å². The summed E-state index contributed by atoms with van der Waals surface area (Å²) in [7, 11) is 0. The molecular formula is C22H26N4O. The third kappa shape index (κ3) is 4.76. The number of nitrogen functional groups attached to an aromatic ring is 1. The molecule has 0 spiro atoms. The van der Waals surface area contributed by atoms with Crippen molar-refractivity contribution < 1.29 is 4.74 Å². The van der Waals surface area contributed by atoms with Gasteiger partial charge in [-0.15, -0.1) is 0 Å². The van der Waals surface area contributed by atoms with Gasteiger partial charge >= 0.3 is 0 Å². The topological polar surface area (TPSA) is 73.1 Å². The van der Waals surface area contributed by atoms with Gasteiger partial charge in [-0.1, -0.05) is 31.5 Å². The van der Waals surface area contributed by atoms with Crippen molar-refractivity contribution in [1.29, 1.82) is 0 Å². The van der Waals surface area contributed by atoms with Gasteiger partial charge in [-0.05, 0) is 67.6 Å². The van der Waals surface area contributed by atoms with Crippen LogP contribution in [-0.4, -0.2) is 9.97 Å². The molecule has 0 aliphatic rings. The normalized spacial score (nSPS) is 10.6. The number of anilines is 3. The number of rotatable bonds is 7. The van der Waals surface area contributed by atoms with Crippen LogP contribution in [0.1, 0.15) is 36.5 Å². The minimum absolute atomic E-state index is 0.343. The van der Waals surface area contributed by atoms with E-state index in [1.54, 1.807) is 0 Å². The molecule has 5 nitrogen and oxygen atoms in total. The minimum atomic E-state index is 0.343. The molecule has 3 N–H and O–H groups in total.